The molecule has 0 radical (unpaired) electrons. The summed E-state index contributed by atoms with van der Waals surface area (Å²) < 4.78 is 20.8. The zero-order chi connectivity index (χ0) is 50.0. The first-order chi connectivity index (χ1) is 36.1. The number of fused-ring (bicyclic) bond motifs is 16. The fraction of sp³-hybridized carbons (Fsp3) is 0.206. The minimum Gasteiger partial charge on any atom is -0.456 e. The van der Waals surface area contributed by atoms with Crippen molar-refractivity contribution in [2.45, 2.75) is 92.9 Å². The molecule has 2 aromatic heterocycles. The number of benzene rings is 9. The summed E-state index contributed by atoms with van der Waals surface area (Å²) in [5, 5.41) is 5.19. The molecule has 15 rings (SSSR count). The third-order valence-corrected chi connectivity index (χ3v) is 17.6. The van der Waals surface area contributed by atoms with Gasteiger partial charge >= 0.3 is 0 Å². The molecule has 0 fully saturated rings. The van der Waals surface area contributed by atoms with E-state index in [2.05, 4.69) is 210 Å². The van der Waals surface area contributed by atoms with Gasteiger partial charge < -0.3 is 18.6 Å². The summed E-state index contributed by atoms with van der Waals surface area (Å²) in [6, 6.07) is 56.6. The van der Waals surface area contributed by atoms with Crippen LogP contribution in [0, 0.1) is 0 Å². The number of nitrogens with zero attached hydrogens (tertiary/aromatic N) is 2. The third-order valence-electron chi connectivity index (χ3n) is 17.6. The number of ether oxygens (including phenoxy) is 2. The zero-order valence-electron chi connectivity index (χ0n) is 43.7. The van der Waals surface area contributed by atoms with Crippen molar-refractivity contribution < 1.29 is 9.47 Å². The van der Waals surface area contributed by atoms with Crippen molar-refractivity contribution in [1.82, 2.24) is 9.13 Å². The second kappa shape index (κ2) is 15.9. The van der Waals surface area contributed by atoms with Crippen LogP contribution in [-0.2, 0) is 25.7 Å². The average Bonchev–Trinajstić information content (AvgIpc) is 4.06. The molecule has 0 saturated heterocycles. The molecule has 0 spiro atoms. The highest BCUT2D eigenvalue weighted by Gasteiger charge is 2.50. The van der Waals surface area contributed by atoms with E-state index in [9.17, 15) is 0 Å². The lowest BCUT2D eigenvalue weighted by Gasteiger charge is -2.41. The molecule has 6 heterocycles. The van der Waals surface area contributed by atoms with Crippen LogP contribution in [0.25, 0.3) is 77.2 Å². The van der Waals surface area contributed by atoms with E-state index in [0.717, 1.165) is 60.1 Å². The van der Waals surface area contributed by atoms with Crippen LogP contribution in [0.3, 0.4) is 0 Å². The van der Waals surface area contributed by atoms with Crippen molar-refractivity contribution in [2.75, 3.05) is 0 Å². The maximum absolute atomic E-state index is 7.80. The number of hydrogen-bond acceptors (Lipinski definition) is 2. The van der Waals surface area contributed by atoms with E-state index in [1.165, 1.54) is 132 Å². The summed E-state index contributed by atoms with van der Waals surface area (Å²) in [5.74, 6) is 4.61. The highest BCUT2D eigenvalue weighted by molar-refractivity contribution is 7.02. The van der Waals surface area contributed by atoms with Crippen molar-refractivity contribution >= 4 is 89.8 Å². The van der Waals surface area contributed by atoms with Crippen molar-refractivity contribution in [3.05, 3.63) is 179 Å². The van der Waals surface area contributed by atoms with Gasteiger partial charge in [0.1, 0.15) is 23.0 Å². The van der Waals surface area contributed by atoms with Crippen LogP contribution in [0.5, 0.6) is 23.0 Å². The van der Waals surface area contributed by atoms with E-state index in [-0.39, 0.29) is 13.4 Å². The number of aromatic nitrogens is 2. The van der Waals surface area contributed by atoms with Gasteiger partial charge in [-0.15, -0.1) is 0 Å². The Morgan fingerprint density at radius 2 is 0.757 bits per heavy atom. The topological polar surface area (TPSA) is 28.3 Å². The molecule has 4 aliphatic heterocycles. The summed E-state index contributed by atoms with van der Waals surface area (Å²) in [4.78, 5) is 0. The Hall–Kier alpha value is -7.69. The van der Waals surface area contributed by atoms with Crippen LogP contribution in [0.4, 0.5) is 0 Å². The van der Waals surface area contributed by atoms with Gasteiger partial charge in [-0.05, 0) is 164 Å². The number of hydrogen-bond donors (Lipinski definition) is 0. The van der Waals surface area contributed by atoms with Gasteiger partial charge in [-0.2, -0.15) is 0 Å². The zero-order valence-corrected chi connectivity index (χ0v) is 43.7. The first kappa shape index (κ1) is 43.9. The Morgan fingerprint density at radius 3 is 1.14 bits per heavy atom. The normalized spacial score (nSPS) is 13.5. The molecule has 0 saturated carbocycles. The van der Waals surface area contributed by atoms with Gasteiger partial charge in [0, 0.05) is 43.5 Å². The van der Waals surface area contributed by atoms with Gasteiger partial charge in [0.15, 0.2) is 0 Å². The van der Waals surface area contributed by atoms with Gasteiger partial charge in [0.25, 0.3) is 13.4 Å². The van der Waals surface area contributed by atoms with Crippen molar-refractivity contribution in [1.29, 1.82) is 0 Å². The minimum atomic E-state index is -0.135. The molecule has 6 heteroatoms. The second-order valence-corrected chi connectivity index (χ2v) is 22.3. The maximum Gasteiger partial charge on any atom is 0.256 e. The summed E-state index contributed by atoms with van der Waals surface area (Å²) in [6.07, 6.45) is 3.81. The quantitative estimate of drug-likeness (QED) is 0.142. The molecule has 4 aliphatic rings. The molecule has 74 heavy (non-hydrogen) atoms. The van der Waals surface area contributed by atoms with E-state index in [4.69, 9.17) is 9.47 Å². The predicted molar refractivity (Wildman–Crippen MR) is 314 cm³/mol. The molecule has 4 nitrogen and oxygen atoms in total. The van der Waals surface area contributed by atoms with Crippen LogP contribution in [-0.4, -0.2) is 22.6 Å². The third kappa shape index (κ3) is 5.94. The Morgan fingerprint density at radius 1 is 0.378 bits per heavy atom. The SMILES string of the molecule is CCc1ccc2c(c1)c1cc(CC)cc3c1n2-c1c2c4c(c5c1B3c1cc(-c3ccc(C(C)C)cc3)ccc1O5)-n1c3ccc(CC)cc3c3cc(CC)cc(c31)B4c1cc(-c3ccc(C(C)C)cc3)ccc1O2. The van der Waals surface area contributed by atoms with Crippen molar-refractivity contribution in [3.63, 3.8) is 0 Å². The molecular formula is C68H58B2N2O2. The van der Waals surface area contributed by atoms with Crippen LogP contribution in [0.2, 0.25) is 0 Å². The summed E-state index contributed by atoms with van der Waals surface area (Å²) >= 11 is 0. The molecule has 358 valence electrons. The Labute approximate surface area is 434 Å². The first-order valence-electron chi connectivity index (χ1n) is 27.4. The van der Waals surface area contributed by atoms with Crippen molar-refractivity contribution in [2.24, 2.45) is 0 Å². The molecule has 0 atom stereocenters. The smallest absolute Gasteiger partial charge is 0.256 e. The summed E-state index contributed by atoms with van der Waals surface area (Å²) in [7, 11) is 0. The van der Waals surface area contributed by atoms with Gasteiger partial charge in [-0.3, -0.25) is 0 Å². The van der Waals surface area contributed by atoms with Gasteiger partial charge in [0.2, 0.25) is 0 Å². The lowest BCUT2D eigenvalue weighted by Crippen LogP contribution is -2.63. The fourth-order valence-corrected chi connectivity index (χ4v) is 13.6. The van der Waals surface area contributed by atoms with E-state index in [1.54, 1.807) is 0 Å². The highest BCUT2D eigenvalue weighted by Crippen LogP contribution is 2.49. The lowest BCUT2D eigenvalue weighted by molar-refractivity contribution is 0.472. The molecule has 0 bridgehead atoms. The Kier molecular flexibility index (Phi) is 9.43. The van der Waals surface area contributed by atoms with Crippen molar-refractivity contribution in [3.8, 4) is 56.6 Å². The van der Waals surface area contributed by atoms with Gasteiger partial charge in [0.05, 0.1) is 22.4 Å². The van der Waals surface area contributed by atoms with Crippen LogP contribution in [0.1, 0.15) is 101 Å². The standard InChI is InChI=1S/C68H58B2N2O2/c1-9-39-13-25-57-49(29-39)51-31-41(11-3)33-55-63(51)71(57)65-61-68(74-59-27-23-47(35-53(59)69(55)61)45-19-15-43(16-20-45)37(5)6)66-62-67(65)73-60-28-24-48(46-21-17-44(18-22-46)38(7)8)36-54(60)70(62)56-34-42(12-4)32-52-50-30-40(10-2)14-26-58(50)72(66)64(52)56/h13-38H,9-12H2,1-8H3. The monoisotopic (exact) mass is 956 g/mol. The minimum absolute atomic E-state index is 0.135. The molecular weight excluding hydrogens is 898 g/mol. The maximum atomic E-state index is 7.80. The van der Waals surface area contributed by atoms with E-state index in [1.807, 2.05) is 0 Å². The van der Waals surface area contributed by atoms with E-state index in [0.29, 0.717) is 11.8 Å². The van der Waals surface area contributed by atoms with Gasteiger partial charge in [-0.1, -0.05) is 152 Å². The number of aryl methyl sites for hydroxylation is 4. The highest BCUT2D eigenvalue weighted by atomic mass is 16.5. The molecule has 9 aromatic carbocycles. The van der Waals surface area contributed by atoms with E-state index >= 15 is 0 Å². The molecule has 0 unspecified atom stereocenters. The molecule has 11 aromatic rings. The Balaban J connectivity index is 1.11. The number of rotatable bonds is 8. The lowest BCUT2D eigenvalue weighted by atomic mass is 9.31. The van der Waals surface area contributed by atoms with Crippen LogP contribution in [0.15, 0.2) is 146 Å². The summed E-state index contributed by atoms with van der Waals surface area (Å²) in [5.41, 5.74) is 27.4. The first-order valence-corrected chi connectivity index (χ1v) is 27.4. The van der Waals surface area contributed by atoms with Crippen LogP contribution >= 0.6 is 0 Å². The average molecular weight is 957 g/mol. The van der Waals surface area contributed by atoms with Crippen LogP contribution < -0.4 is 42.3 Å². The predicted octanol–water partition coefficient (Wildman–Crippen LogP) is 13.6. The molecule has 0 amide bonds. The fourth-order valence-electron chi connectivity index (χ4n) is 13.6. The molecule has 0 aliphatic carbocycles. The van der Waals surface area contributed by atoms with E-state index < -0.39 is 0 Å². The second-order valence-electron chi connectivity index (χ2n) is 22.3. The Bertz CT molecular complexity index is 3970. The summed E-state index contributed by atoms with van der Waals surface area (Å²) in [6.45, 7) is 17.9. The molecule has 0 N–H and O–H groups in total. The largest absolute Gasteiger partial charge is 0.456 e. The van der Waals surface area contributed by atoms with Gasteiger partial charge in [-0.25, -0.2) is 0 Å².